The van der Waals surface area contributed by atoms with Crippen LogP contribution in [0.25, 0.3) is 0 Å². The molecule has 0 fully saturated rings. The Kier molecular flexibility index (Phi) is 8.07. The van der Waals surface area contributed by atoms with Crippen LogP contribution in [0.15, 0.2) is 23.3 Å². The normalized spacial score (nSPS) is 11.2. The molecule has 9 heteroatoms. The average Bonchev–Trinajstić information content (AvgIpc) is 2.45. The molecular weight excluding hydrogens is 296 g/mol. The fraction of sp³-hybridized carbons (Fsp3) is 0.500. The fourth-order valence-electron chi connectivity index (χ4n) is 1.47. The third-order valence-corrected chi connectivity index (χ3v) is 2.74. The summed E-state index contributed by atoms with van der Waals surface area (Å²) in [5.41, 5.74) is 8.38. The van der Waals surface area contributed by atoms with Crippen LogP contribution in [0.5, 0.6) is 0 Å². The summed E-state index contributed by atoms with van der Waals surface area (Å²) in [6.07, 6.45) is 4.76. The van der Waals surface area contributed by atoms with Crippen molar-refractivity contribution in [3.8, 4) is 0 Å². The molecule has 0 aliphatic carbocycles. The van der Waals surface area contributed by atoms with Gasteiger partial charge >= 0.3 is 0 Å². The monoisotopic (exact) mass is 314 g/mol. The van der Waals surface area contributed by atoms with E-state index in [-0.39, 0.29) is 12.5 Å². The van der Waals surface area contributed by atoms with Gasteiger partial charge in [0.05, 0.1) is 6.54 Å². The number of nitrogens with zero attached hydrogens (tertiary/aromatic N) is 3. The molecule has 1 aromatic rings. The van der Waals surface area contributed by atoms with Crippen LogP contribution in [0, 0.1) is 10.1 Å². The number of guanidine groups is 1. The number of hydrogen-bond donors (Lipinski definition) is 3. The van der Waals surface area contributed by atoms with Crippen LogP contribution in [-0.4, -0.2) is 22.5 Å². The van der Waals surface area contributed by atoms with Crippen LogP contribution >= 0.6 is 11.6 Å². The summed E-state index contributed by atoms with van der Waals surface area (Å²) >= 11 is 5.68. The van der Waals surface area contributed by atoms with Crippen molar-refractivity contribution >= 4 is 17.6 Å². The Bertz CT molecular complexity index is 465. The van der Waals surface area contributed by atoms with E-state index in [4.69, 9.17) is 11.6 Å². The van der Waals surface area contributed by atoms with E-state index < -0.39 is 5.03 Å². The first kappa shape index (κ1) is 17.1. The van der Waals surface area contributed by atoms with Gasteiger partial charge in [-0.1, -0.05) is 42.9 Å². The van der Waals surface area contributed by atoms with E-state index in [0.29, 0.717) is 11.7 Å². The van der Waals surface area contributed by atoms with Crippen LogP contribution in [0.2, 0.25) is 5.15 Å². The van der Waals surface area contributed by atoms with Crippen molar-refractivity contribution < 1.29 is 5.03 Å². The van der Waals surface area contributed by atoms with E-state index >= 15 is 0 Å². The summed E-state index contributed by atoms with van der Waals surface area (Å²) in [7, 11) is 0. The predicted molar refractivity (Wildman–Crippen MR) is 81.2 cm³/mol. The number of halogens is 1. The summed E-state index contributed by atoms with van der Waals surface area (Å²) in [5, 5.41) is 10.2. The molecule has 3 N–H and O–H groups in total. The first-order valence-electron chi connectivity index (χ1n) is 6.66. The smallest absolute Gasteiger partial charge is 0.268 e. The van der Waals surface area contributed by atoms with Gasteiger partial charge in [-0.3, -0.25) is 5.43 Å². The first-order chi connectivity index (χ1) is 10.1. The molecule has 8 nitrogen and oxygen atoms in total. The van der Waals surface area contributed by atoms with Crippen molar-refractivity contribution in [1.82, 2.24) is 21.3 Å². The Hall–Kier alpha value is -1.93. The quantitative estimate of drug-likeness (QED) is 0.168. The maximum Gasteiger partial charge on any atom is 0.268 e. The lowest BCUT2D eigenvalue weighted by atomic mass is 10.2. The maximum atomic E-state index is 10.5. The highest BCUT2D eigenvalue weighted by Crippen LogP contribution is 2.05. The second kappa shape index (κ2) is 9.89. The lowest BCUT2D eigenvalue weighted by Crippen LogP contribution is -2.47. The molecule has 0 aliphatic heterocycles. The molecular formula is C12H19ClN6O2. The van der Waals surface area contributed by atoms with E-state index in [2.05, 4.69) is 27.8 Å². The van der Waals surface area contributed by atoms with Crippen LogP contribution in [-0.2, 0) is 6.54 Å². The number of nitro groups is 1. The van der Waals surface area contributed by atoms with Gasteiger partial charge in [-0.15, -0.1) is 0 Å². The van der Waals surface area contributed by atoms with Crippen LogP contribution in [0.4, 0.5) is 0 Å². The molecule has 0 spiro atoms. The topological polar surface area (TPSA) is 104 Å². The van der Waals surface area contributed by atoms with Crippen LogP contribution < -0.4 is 16.3 Å². The van der Waals surface area contributed by atoms with Gasteiger partial charge in [-0.05, 0) is 18.1 Å². The Morgan fingerprint density at radius 1 is 1.48 bits per heavy atom. The van der Waals surface area contributed by atoms with Crippen molar-refractivity contribution in [3.63, 3.8) is 0 Å². The van der Waals surface area contributed by atoms with Gasteiger partial charge in [0.25, 0.3) is 5.96 Å². The number of hydrogen-bond acceptors (Lipinski definition) is 5. The minimum absolute atomic E-state index is 0.0476. The molecule has 1 rings (SSSR count). The summed E-state index contributed by atoms with van der Waals surface area (Å²) in [6, 6.07) is 3.40. The molecule has 21 heavy (non-hydrogen) atoms. The first-order valence-corrected chi connectivity index (χ1v) is 7.04. The third-order valence-electron chi connectivity index (χ3n) is 2.52. The predicted octanol–water partition coefficient (Wildman–Crippen LogP) is 1.66. The van der Waals surface area contributed by atoms with Gasteiger partial charge in [0.15, 0.2) is 5.03 Å². The van der Waals surface area contributed by atoms with Crippen LogP contribution in [0.3, 0.4) is 0 Å². The molecule has 0 saturated heterocycles. The molecule has 0 radical (unpaired) electrons. The Morgan fingerprint density at radius 3 is 2.90 bits per heavy atom. The van der Waals surface area contributed by atoms with E-state index in [1.807, 2.05) is 5.43 Å². The van der Waals surface area contributed by atoms with E-state index in [1.54, 1.807) is 18.3 Å². The lowest BCUT2D eigenvalue weighted by molar-refractivity contribution is -0.525. The summed E-state index contributed by atoms with van der Waals surface area (Å²) < 4.78 is 0. The minimum Gasteiger partial charge on any atom is -0.287 e. The zero-order valence-corrected chi connectivity index (χ0v) is 12.6. The molecule has 0 bridgehead atoms. The highest BCUT2D eigenvalue weighted by Gasteiger charge is 2.04. The molecule has 0 saturated carbocycles. The number of hydrazine groups is 2. The number of unbranched alkanes of at least 4 members (excludes halogenated alkanes) is 2. The number of aliphatic imine (C=N–C) groups is 1. The molecule has 0 aliphatic rings. The molecule has 0 atom stereocenters. The highest BCUT2D eigenvalue weighted by atomic mass is 35.5. The Balaban J connectivity index is 2.49. The Morgan fingerprint density at radius 2 is 2.29 bits per heavy atom. The lowest BCUT2D eigenvalue weighted by Gasteiger charge is -2.08. The zero-order valence-electron chi connectivity index (χ0n) is 11.8. The average molecular weight is 315 g/mol. The van der Waals surface area contributed by atoms with Crippen molar-refractivity contribution in [3.05, 3.63) is 39.2 Å². The van der Waals surface area contributed by atoms with Crippen molar-refractivity contribution in [1.29, 1.82) is 0 Å². The zero-order chi connectivity index (χ0) is 15.5. The standard InChI is InChI=1S/C12H19ClN6O2/c1-2-3-4-7-16-17-12(18-19(20)21)15-9-10-5-6-11(13)14-8-10/h5-6,8,16H,2-4,7,9H2,1H3,(H2,15,17,18). The summed E-state index contributed by atoms with van der Waals surface area (Å²) in [5.74, 6) is 0.0476. The van der Waals surface area contributed by atoms with Gasteiger partial charge in [0.2, 0.25) is 0 Å². The van der Waals surface area contributed by atoms with Crippen molar-refractivity contribution in [2.75, 3.05) is 6.54 Å². The molecule has 0 unspecified atom stereocenters. The van der Waals surface area contributed by atoms with Gasteiger partial charge in [-0.25, -0.2) is 25.5 Å². The SMILES string of the molecule is CCCCCNNC(=NCc1ccc(Cl)nc1)N[N+](=O)[O-]. The highest BCUT2D eigenvalue weighted by molar-refractivity contribution is 6.29. The van der Waals surface area contributed by atoms with E-state index in [9.17, 15) is 10.1 Å². The maximum absolute atomic E-state index is 10.5. The minimum atomic E-state index is -0.667. The summed E-state index contributed by atoms with van der Waals surface area (Å²) in [4.78, 5) is 18.5. The van der Waals surface area contributed by atoms with E-state index in [0.717, 1.165) is 24.8 Å². The van der Waals surface area contributed by atoms with E-state index in [1.165, 1.54) is 0 Å². The molecule has 1 heterocycles. The second-order valence-corrected chi connectivity index (χ2v) is 4.67. The van der Waals surface area contributed by atoms with Gasteiger partial charge in [-0.2, -0.15) is 0 Å². The summed E-state index contributed by atoms with van der Waals surface area (Å²) in [6.45, 7) is 3.06. The van der Waals surface area contributed by atoms with Gasteiger partial charge < -0.3 is 0 Å². The van der Waals surface area contributed by atoms with Gasteiger partial charge in [0, 0.05) is 12.7 Å². The number of pyridine rings is 1. The van der Waals surface area contributed by atoms with Gasteiger partial charge in [0.1, 0.15) is 5.15 Å². The number of nitrogens with one attached hydrogen (secondary N) is 3. The molecule has 0 amide bonds. The number of rotatable bonds is 8. The molecule has 116 valence electrons. The van der Waals surface area contributed by atoms with Crippen molar-refractivity contribution in [2.24, 2.45) is 4.99 Å². The second-order valence-electron chi connectivity index (χ2n) is 4.28. The molecule has 0 aromatic carbocycles. The third kappa shape index (κ3) is 8.05. The largest absolute Gasteiger partial charge is 0.287 e. The Labute approximate surface area is 128 Å². The molecule has 1 aromatic heterocycles. The number of aromatic nitrogens is 1. The van der Waals surface area contributed by atoms with Crippen molar-refractivity contribution in [2.45, 2.75) is 32.7 Å². The fourth-order valence-corrected chi connectivity index (χ4v) is 1.58. The van der Waals surface area contributed by atoms with Crippen LogP contribution in [0.1, 0.15) is 31.7 Å².